The third-order valence-corrected chi connectivity index (χ3v) is 5.49. The Hall–Kier alpha value is -3.72. The number of benzene rings is 2. The average molecular weight is 516 g/mol. The van der Waals surface area contributed by atoms with Crippen molar-refractivity contribution in [1.29, 1.82) is 0 Å². The molecule has 0 bridgehead atoms. The molecule has 0 fully saturated rings. The number of carboxylic acid groups (broad SMARTS) is 1. The molecule has 0 spiro atoms. The fourth-order valence-electron chi connectivity index (χ4n) is 3.10. The monoisotopic (exact) mass is 515 g/mol. The number of nitrogens with zero attached hydrogens (tertiary/aromatic N) is 1. The molecule has 0 aromatic heterocycles. The quantitative estimate of drug-likeness (QED) is 0.442. The molecule has 2 aromatic rings. The zero-order chi connectivity index (χ0) is 28.7. The van der Waals surface area contributed by atoms with E-state index < -0.39 is 17.9 Å². The van der Waals surface area contributed by atoms with Crippen molar-refractivity contribution in [3.63, 3.8) is 0 Å². The Morgan fingerprint density at radius 1 is 0.649 bits per heavy atom. The summed E-state index contributed by atoms with van der Waals surface area (Å²) in [5.41, 5.74) is 2.36. The van der Waals surface area contributed by atoms with Crippen LogP contribution in [0.15, 0.2) is 36.4 Å². The van der Waals surface area contributed by atoms with Crippen molar-refractivity contribution >= 4 is 23.8 Å². The summed E-state index contributed by atoms with van der Waals surface area (Å²) in [7, 11) is 5.51. The fourth-order valence-corrected chi connectivity index (χ4v) is 3.10. The number of amides is 1. The predicted molar refractivity (Wildman–Crippen MR) is 139 cm³/mol. The highest BCUT2D eigenvalue weighted by molar-refractivity contribution is 5.98. The second-order valence-corrected chi connectivity index (χ2v) is 10.4. The topological polar surface area (TPSA) is 119 Å². The summed E-state index contributed by atoms with van der Waals surface area (Å²) >= 11 is 0. The van der Waals surface area contributed by atoms with Gasteiger partial charge in [0.15, 0.2) is 0 Å². The highest BCUT2D eigenvalue weighted by Crippen LogP contribution is 2.26. The number of methoxy groups -OCH3 is 2. The van der Waals surface area contributed by atoms with Gasteiger partial charge in [0, 0.05) is 12.6 Å². The van der Waals surface area contributed by atoms with Gasteiger partial charge in [-0.2, -0.15) is 0 Å². The van der Waals surface area contributed by atoms with Crippen molar-refractivity contribution in [2.75, 3.05) is 28.4 Å². The molecule has 0 aliphatic carbocycles. The van der Waals surface area contributed by atoms with Crippen LogP contribution in [0.3, 0.4) is 0 Å². The molecule has 0 heterocycles. The van der Waals surface area contributed by atoms with Crippen LogP contribution in [-0.2, 0) is 25.1 Å². The van der Waals surface area contributed by atoms with Gasteiger partial charge in [-0.25, -0.2) is 19.4 Å². The van der Waals surface area contributed by atoms with E-state index in [1.54, 1.807) is 24.3 Å². The first-order valence-electron chi connectivity index (χ1n) is 11.5. The first kappa shape index (κ1) is 31.3. The molecule has 9 nitrogen and oxygen atoms in total. The molecular weight excluding hydrogens is 478 g/mol. The van der Waals surface area contributed by atoms with Crippen LogP contribution in [0.5, 0.6) is 0 Å². The summed E-state index contributed by atoms with van der Waals surface area (Å²) in [6, 6.07) is 9.59. The Bertz CT molecular complexity index is 1160. The van der Waals surface area contributed by atoms with Crippen molar-refractivity contribution < 1.29 is 38.6 Å². The van der Waals surface area contributed by atoms with Crippen LogP contribution in [0, 0.1) is 0 Å². The Morgan fingerprint density at radius 3 is 1.32 bits per heavy atom. The standard InChI is InChI=1S/C15H21NO4.C13H16O4/c1-15(2,3)12-8-10(13(17)16(4)20-6)7-11(9-12)14(18)19-5;1-13(2,3)10-6-8(11(14)15)5-9(7-10)12(16)17-4/h7-9H,1-6H3;5-7H,1-4H3,(H,14,15). The van der Waals surface area contributed by atoms with E-state index in [9.17, 15) is 19.2 Å². The van der Waals surface area contributed by atoms with Gasteiger partial charge in [0.2, 0.25) is 0 Å². The summed E-state index contributed by atoms with van der Waals surface area (Å²) in [4.78, 5) is 51.2. The van der Waals surface area contributed by atoms with Gasteiger partial charge in [0.05, 0.1) is 38.0 Å². The molecule has 0 aliphatic heterocycles. The van der Waals surface area contributed by atoms with Crippen LogP contribution in [-0.4, -0.2) is 62.4 Å². The lowest BCUT2D eigenvalue weighted by atomic mass is 9.85. The zero-order valence-corrected chi connectivity index (χ0v) is 23.2. The largest absolute Gasteiger partial charge is 0.478 e. The molecule has 37 heavy (non-hydrogen) atoms. The van der Waals surface area contributed by atoms with Gasteiger partial charge in [-0.1, -0.05) is 41.5 Å². The highest BCUT2D eigenvalue weighted by atomic mass is 16.7. The first-order valence-corrected chi connectivity index (χ1v) is 11.5. The molecule has 0 radical (unpaired) electrons. The summed E-state index contributed by atoms with van der Waals surface area (Å²) in [5.74, 6) is -2.37. The molecule has 1 amide bonds. The summed E-state index contributed by atoms with van der Waals surface area (Å²) in [6.07, 6.45) is 0. The van der Waals surface area contributed by atoms with E-state index in [2.05, 4.69) is 4.74 Å². The molecule has 2 rings (SSSR count). The van der Waals surface area contributed by atoms with Crippen LogP contribution in [0.1, 0.15) is 94.1 Å². The maximum atomic E-state index is 12.2. The zero-order valence-electron chi connectivity index (χ0n) is 23.2. The minimum absolute atomic E-state index is 0.0952. The maximum Gasteiger partial charge on any atom is 0.337 e. The van der Waals surface area contributed by atoms with Crippen molar-refractivity contribution in [1.82, 2.24) is 5.06 Å². The molecule has 2 aromatic carbocycles. The van der Waals surface area contributed by atoms with Gasteiger partial charge < -0.3 is 14.6 Å². The Morgan fingerprint density at radius 2 is 1.00 bits per heavy atom. The molecule has 0 aliphatic rings. The van der Waals surface area contributed by atoms with Crippen molar-refractivity contribution in [3.8, 4) is 0 Å². The number of rotatable bonds is 5. The molecular formula is C28H37NO8. The van der Waals surface area contributed by atoms with Crippen LogP contribution in [0.2, 0.25) is 0 Å². The van der Waals surface area contributed by atoms with E-state index in [-0.39, 0.29) is 27.9 Å². The van der Waals surface area contributed by atoms with Gasteiger partial charge >= 0.3 is 17.9 Å². The van der Waals surface area contributed by atoms with Gasteiger partial charge in [0.25, 0.3) is 5.91 Å². The van der Waals surface area contributed by atoms with Gasteiger partial charge in [-0.15, -0.1) is 0 Å². The molecule has 9 heteroatoms. The summed E-state index contributed by atoms with van der Waals surface area (Å²) in [5, 5.41) is 10.1. The highest BCUT2D eigenvalue weighted by Gasteiger charge is 2.22. The lowest BCUT2D eigenvalue weighted by molar-refractivity contribution is -0.0757. The Kier molecular flexibility index (Phi) is 10.6. The van der Waals surface area contributed by atoms with Gasteiger partial charge in [-0.3, -0.25) is 9.63 Å². The minimum Gasteiger partial charge on any atom is -0.478 e. The first-order chi connectivity index (χ1) is 17.0. The molecule has 0 saturated heterocycles. The van der Waals surface area contributed by atoms with Crippen molar-refractivity contribution in [2.24, 2.45) is 0 Å². The normalized spacial score (nSPS) is 11.1. The number of carbonyl (C=O) groups is 4. The number of esters is 2. The Balaban J connectivity index is 0.000000375. The third kappa shape index (κ3) is 8.71. The SMILES string of the molecule is COC(=O)c1cc(C(=O)N(C)OC)cc(C(C)(C)C)c1.COC(=O)c1cc(C(=O)O)cc(C(C)(C)C)c1. The third-order valence-electron chi connectivity index (χ3n) is 5.49. The van der Waals surface area contributed by atoms with E-state index in [0.29, 0.717) is 11.1 Å². The van der Waals surface area contributed by atoms with E-state index in [1.165, 1.54) is 40.5 Å². The lowest BCUT2D eigenvalue weighted by Gasteiger charge is -2.22. The fraction of sp³-hybridized carbons (Fsp3) is 0.429. The number of carboxylic acids is 1. The second-order valence-electron chi connectivity index (χ2n) is 10.4. The smallest absolute Gasteiger partial charge is 0.337 e. The number of ether oxygens (including phenoxy) is 2. The molecule has 202 valence electrons. The second kappa shape index (κ2) is 12.5. The summed E-state index contributed by atoms with van der Waals surface area (Å²) in [6.45, 7) is 11.9. The Labute approximate surface area is 218 Å². The van der Waals surface area contributed by atoms with Crippen molar-refractivity contribution in [3.05, 3.63) is 69.8 Å². The summed E-state index contributed by atoms with van der Waals surface area (Å²) < 4.78 is 9.34. The number of hydrogen-bond acceptors (Lipinski definition) is 7. The van der Waals surface area contributed by atoms with E-state index in [1.807, 2.05) is 41.5 Å². The van der Waals surface area contributed by atoms with E-state index >= 15 is 0 Å². The molecule has 1 N–H and O–H groups in total. The number of hydrogen-bond donors (Lipinski definition) is 1. The number of carbonyl (C=O) groups excluding carboxylic acids is 3. The van der Waals surface area contributed by atoms with E-state index in [4.69, 9.17) is 14.7 Å². The van der Waals surface area contributed by atoms with Crippen LogP contribution < -0.4 is 0 Å². The molecule has 0 saturated carbocycles. The predicted octanol–water partition coefficient (Wildman–Crippen LogP) is 4.87. The number of hydroxylamine groups is 2. The van der Waals surface area contributed by atoms with Gasteiger partial charge in [-0.05, 0) is 58.4 Å². The van der Waals surface area contributed by atoms with Crippen LogP contribution in [0.4, 0.5) is 0 Å². The minimum atomic E-state index is -1.05. The van der Waals surface area contributed by atoms with Crippen molar-refractivity contribution in [2.45, 2.75) is 52.4 Å². The lowest BCUT2D eigenvalue weighted by Crippen LogP contribution is -2.26. The van der Waals surface area contributed by atoms with Gasteiger partial charge in [0.1, 0.15) is 0 Å². The molecule has 0 unspecified atom stereocenters. The van der Waals surface area contributed by atoms with Crippen LogP contribution >= 0.6 is 0 Å². The van der Waals surface area contributed by atoms with E-state index in [0.717, 1.165) is 16.2 Å². The maximum absolute atomic E-state index is 12.2. The van der Waals surface area contributed by atoms with Crippen LogP contribution in [0.25, 0.3) is 0 Å². The molecule has 0 atom stereocenters. The number of aromatic carboxylic acids is 1. The average Bonchev–Trinajstić information content (AvgIpc) is 2.85.